The zero-order valence-corrected chi connectivity index (χ0v) is 14.9. The summed E-state index contributed by atoms with van der Waals surface area (Å²) in [6, 6.07) is 12.3. The number of carbonyl (C=O) groups is 2. The van der Waals surface area contributed by atoms with Crippen molar-refractivity contribution >= 4 is 27.3 Å². The Morgan fingerprint density at radius 1 is 1.04 bits per heavy atom. The molecule has 2 N–H and O–H groups in total. The quantitative estimate of drug-likeness (QED) is 0.771. The second-order valence-electron chi connectivity index (χ2n) is 5.81. The molecule has 0 bridgehead atoms. The Bertz CT molecular complexity index is 868. The van der Waals surface area contributed by atoms with E-state index >= 15 is 0 Å². The average Bonchev–Trinajstić information content (AvgIpc) is 2.60. The lowest BCUT2D eigenvalue weighted by Gasteiger charge is -2.18. The Morgan fingerprint density at radius 3 is 2.23 bits per heavy atom. The molecule has 2 amide bonds. The van der Waals surface area contributed by atoms with Crippen LogP contribution in [-0.4, -0.2) is 38.3 Å². The second kappa shape index (κ2) is 8.57. The number of nitrogens with one attached hydrogen (secondary N) is 2. The molecule has 0 saturated carbocycles. The molecule has 1 unspecified atom stereocenters. The first-order chi connectivity index (χ1) is 12.2. The first kappa shape index (κ1) is 19.6. The molecular formula is C18H19FN2O4S. The molecule has 0 fully saturated rings. The van der Waals surface area contributed by atoms with Crippen LogP contribution in [0.5, 0.6) is 0 Å². The van der Waals surface area contributed by atoms with E-state index < -0.39 is 33.5 Å². The molecule has 26 heavy (non-hydrogen) atoms. The van der Waals surface area contributed by atoms with Crippen molar-refractivity contribution < 1.29 is 22.4 Å². The lowest BCUT2D eigenvalue weighted by Crippen LogP contribution is -2.44. The summed E-state index contributed by atoms with van der Waals surface area (Å²) in [5.41, 5.74) is 0.696. The fraction of sp³-hybridized carbons (Fsp3) is 0.222. The van der Waals surface area contributed by atoms with E-state index in [0.29, 0.717) is 11.3 Å². The van der Waals surface area contributed by atoms with Gasteiger partial charge in [-0.15, -0.1) is 0 Å². The highest BCUT2D eigenvalue weighted by Gasteiger charge is 2.23. The van der Waals surface area contributed by atoms with Gasteiger partial charge in [-0.05, 0) is 42.8 Å². The van der Waals surface area contributed by atoms with E-state index in [4.69, 9.17) is 0 Å². The first-order valence-electron chi connectivity index (χ1n) is 7.85. The second-order valence-corrected chi connectivity index (χ2v) is 8.07. The van der Waals surface area contributed by atoms with E-state index in [-0.39, 0.29) is 12.2 Å². The maximum absolute atomic E-state index is 13.0. The van der Waals surface area contributed by atoms with Crippen molar-refractivity contribution in [3.8, 4) is 0 Å². The molecule has 0 aliphatic heterocycles. The van der Waals surface area contributed by atoms with Gasteiger partial charge in [-0.2, -0.15) is 0 Å². The summed E-state index contributed by atoms with van der Waals surface area (Å²) in [6.07, 6.45) is 0.978. The molecule has 2 aromatic carbocycles. The molecule has 2 aromatic rings. The van der Waals surface area contributed by atoms with Gasteiger partial charge in [-0.1, -0.05) is 18.2 Å². The molecule has 0 spiro atoms. The summed E-state index contributed by atoms with van der Waals surface area (Å²) in [5, 5.41) is 5.09. The van der Waals surface area contributed by atoms with Crippen LogP contribution in [0.15, 0.2) is 54.6 Å². The topological polar surface area (TPSA) is 92.3 Å². The SMILES string of the molecule is CS(=O)(=O)CCC(NC(=O)c1ccccc1)C(=O)Nc1ccc(F)cc1. The molecule has 6 nitrogen and oxygen atoms in total. The normalized spacial score (nSPS) is 12.2. The van der Waals surface area contributed by atoms with Crippen molar-refractivity contribution in [1.82, 2.24) is 5.32 Å². The molecule has 0 saturated heterocycles. The van der Waals surface area contributed by atoms with E-state index in [1.807, 2.05) is 0 Å². The minimum atomic E-state index is -3.31. The highest BCUT2D eigenvalue weighted by molar-refractivity contribution is 7.90. The van der Waals surface area contributed by atoms with Gasteiger partial charge in [0.05, 0.1) is 5.75 Å². The van der Waals surface area contributed by atoms with Gasteiger partial charge in [0.25, 0.3) is 5.91 Å². The van der Waals surface area contributed by atoms with E-state index in [2.05, 4.69) is 10.6 Å². The van der Waals surface area contributed by atoms with E-state index in [1.165, 1.54) is 24.3 Å². The number of sulfone groups is 1. The predicted octanol–water partition coefficient (Wildman–Crippen LogP) is 2.00. The van der Waals surface area contributed by atoms with Gasteiger partial charge in [-0.3, -0.25) is 9.59 Å². The Kier molecular flexibility index (Phi) is 6.46. The number of amides is 2. The first-order valence-corrected chi connectivity index (χ1v) is 9.91. The Hall–Kier alpha value is -2.74. The van der Waals surface area contributed by atoms with Gasteiger partial charge in [0.2, 0.25) is 5.91 Å². The Morgan fingerprint density at radius 2 is 1.65 bits per heavy atom. The summed E-state index contributed by atoms with van der Waals surface area (Å²) >= 11 is 0. The zero-order valence-electron chi connectivity index (χ0n) is 14.1. The van der Waals surface area contributed by atoms with Crippen LogP contribution in [0, 0.1) is 5.82 Å². The fourth-order valence-electron chi connectivity index (χ4n) is 2.19. The van der Waals surface area contributed by atoms with Gasteiger partial charge in [0, 0.05) is 17.5 Å². The van der Waals surface area contributed by atoms with Crippen LogP contribution in [0.2, 0.25) is 0 Å². The molecule has 0 aliphatic rings. The standard InChI is InChI=1S/C18H19FN2O4S/c1-26(24,25)12-11-16(21-17(22)13-5-3-2-4-6-13)18(23)20-15-9-7-14(19)8-10-15/h2-10,16H,11-12H2,1H3,(H,20,23)(H,21,22). The summed E-state index contributed by atoms with van der Waals surface area (Å²) in [7, 11) is -3.31. The minimum Gasteiger partial charge on any atom is -0.340 e. The molecule has 138 valence electrons. The highest BCUT2D eigenvalue weighted by atomic mass is 32.2. The monoisotopic (exact) mass is 378 g/mol. The number of rotatable bonds is 7. The number of hydrogen-bond donors (Lipinski definition) is 2. The summed E-state index contributed by atoms with van der Waals surface area (Å²) in [4.78, 5) is 24.8. The lowest BCUT2D eigenvalue weighted by molar-refractivity contribution is -0.118. The van der Waals surface area contributed by atoms with Crippen molar-refractivity contribution in [2.24, 2.45) is 0 Å². The van der Waals surface area contributed by atoms with E-state index in [0.717, 1.165) is 6.26 Å². The van der Waals surface area contributed by atoms with Gasteiger partial charge in [0.1, 0.15) is 21.7 Å². The Balaban J connectivity index is 2.12. The average molecular weight is 378 g/mol. The van der Waals surface area contributed by atoms with Gasteiger partial charge in [0.15, 0.2) is 0 Å². The van der Waals surface area contributed by atoms with Crippen LogP contribution in [-0.2, 0) is 14.6 Å². The van der Waals surface area contributed by atoms with E-state index in [1.54, 1.807) is 30.3 Å². The van der Waals surface area contributed by atoms with Crippen LogP contribution in [0.4, 0.5) is 10.1 Å². The Labute approximate surface area is 151 Å². The van der Waals surface area contributed by atoms with E-state index in [9.17, 15) is 22.4 Å². The van der Waals surface area contributed by atoms with Crippen molar-refractivity contribution in [2.45, 2.75) is 12.5 Å². The third-order valence-corrected chi connectivity index (χ3v) is 4.52. The fourth-order valence-corrected chi connectivity index (χ4v) is 2.86. The van der Waals surface area contributed by atoms with Crippen LogP contribution in [0.1, 0.15) is 16.8 Å². The van der Waals surface area contributed by atoms with Gasteiger partial charge in [-0.25, -0.2) is 12.8 Å². The number of carbonyl (C=O) groups excluding carboxylic acids is 2. The van der Waals surface area contributed by atoms with Crippen LogP contribution in [0.3, 0.4) is 0 Å². The molecule has 0 aromatic heterocycles. The smallest absolute Gasteiger partial charge is 0.251 e. The van der Waals surface area contributed by atoms with Gasteiger partial charge >= 0.3 is 0 Å². The molecule has 0 aliphatic carbocycles. The van der Waals surface area contributed by atoms with Crippen molar-refractivity contribution in [2.75, 3.05) is 17.3 Å². The zero-order chi connectivity index (χ0) is 19.2. The number of benzene rings is 2. The van der Waals surface area contributed by atoms with Crippen LogP contribution >= 0.6 is 0 Å². The van der Waals surface area contributed by atoms with Crippen LogP contribution in [0.25, 0.3) is 0 Å². The third-order valence-electron chi connectivity index (χ3n) is 3.55. The van der Waals surface area contributed by atoms with Crippen molar-refractivity contribution in [1.29, 1.82) is 0 Å². The molecule has 0 radical (unpaired) electrons. The van der Waals surface area contributed by atoms with Crippen molar-refractivity contribution in [3.05, 3.63) is 66.0 Å². The molecule has 0 heterocycles. The largest absolute Gasteiger partial charge is 0.340 e. The van der Waals surface area contributed by atoms with Crippen molar-refractivity contribution in [3.63, 3.8) is 0 Å². The molecular weight excluding hydrogens is 359 g/mol. The summed E-state index contributed by atoms with van der Waals surface area (Å²) in [6.45, 7) is 0. The lowest BCUT2D eigenvalue weighted by atomic mass is 10.1. The highest BCUT2D eigenvalue weighted by Crippen LogP contribution is 2.10. The molecule has 1 atom stereocenters. The number of anilines is 1. The summed E-state index contributed by atoms with van der Waals surface area (Å²) < 4.78 is 35.8. The summed E-state index contributed by atoms with van der Waals surface area (Å²) in [5.74, 6) is -1.78. The minimum absolute atomic E-state index is 0.0789. The van der Waals surface area contributed by atoms with Gasteiger partial charge < -0.3 is 10.6 Å². The molecule has 2 rings (SSSR count). The molecule has 8 heteroatoms. The number of hydrogen-bond acceptors (Lipinski definition) is 4. The van der Waals surface area contributed by atoms with Crippen LogP contribution < -0.4 is 10.6 Å². The third kappa shape index (κ3) is 6.29. The maximum Gasteiger partial charge on any atom is 0.251 e. The number of halogens is 1. The predicted molar refractivity (Wildman–Crippen MR) is 97.1 cm³/mol. The maximum atomic E-state index is 13.0.